The molecule has 3 aliphatic rings. The number of carbonyl (C=O) groups is 3. The van der Waals surface area contributed by atoms with Gasteiger partial charge in [-0.1, -0.05) is 41.9 Å². The topological polar surface area (TPSA) is 185 Å². The second-order valence-corrected chi connectivity index (χ2v) is 21.1. The molecule has 2 aromatic rings. The summed E-state index contributed by atoms with van der Waals surface area (Å²) < 4.78 is 42.9. The maximum absolute atomic E-state index is 13.0. The lowest BCUT2D eigenvalue weighted by atomic mass is 10.2. The van der Waals surface area contributed by atoms with E-state index >= 15 is 0 Å². The van der Waals surface area contributed by atoms with Crippen LogP contribution in [0.3, 0.4) is 0 Å². The van der Waals surface area contributed by atoms with Gasteiger partial charge in [0.25, 0.3) is 0 Å². The Morgan fingerprint density at radius 3 is 2.55 bits per heavy atom. The van der Waals surface area contributed by atoms with Crippen LogP contribution in [0.25, 0.3) is 0 Å². The molecule has 0 bridgehead atoms. The minimum atomic E-state index is -3.90. The molecule has 19 heteroatoms. The second-order valence-electron chi connectivity index (χ2n) is 12.1. The van der Waals surface area contributed by atoms with Crippen molar-refractivity contribution in [3.05, 3.63) is 53.1 Å². The lowest BCUT2D eigenvalue weighted by molar-refractivity contribution is -0.147. The summed E-state index contributed by atoms with van der Waals surface area (Å²) in [5, 5.41) is 15.8. The van der Waals surface area contributed by atoms with E-state index in [1.165, 1.54) is 29.0 Å². The zero-order chi connectivity index (χ0) is 35.4. The minimum absolute atomic E-state index is 0.0425. The van der Waals surface area contributed by atoms with Crippen molar-refractivity contribution in [3.63, 3.8) is 0 Å². The SMILES string of the molecule is CN1Sc2cc(S(=O)(=O)NCc3ccccc3)c(Cl)cc2NC1CC(=O)NCCCCP(=O)(O)CC(=O)N1CC2(C[C@H]1C(=O)O)SCCS2. The van der Waals surface area contributed by atoms with Crippen molar-refractivity contribution < 1.29 is 37.4 Å². The van der Waals surface area contributed by atoms with Crippen LogP contribution in [0, 0.1) is 0 Å². The van der Waals surface area contributed by atoms with E-state index in [-0.39, 0.29) is 52.1 Å². The number of hydrogen-bond acceptors (Lipinski definition) is 11. The second kappa shape index (κ2) is 16.2. The number of nitrogens with one attached hydrogen (secondary N) is 3. The summed E-state index contributed by atoms with van der Waals surface area (Å²) in [6.07, 6.45) is -0.0263. The number of carboxylic acid groups (broad SMARTS) is 1. The molecule has 0 aliphatic carbocycles. The number of amides is 2. The van der Waals surface area contributed by atoms with E-state index in [0.717, 1.165) is 17.1 Å². The molecular weight excluding hydrogens is 753 g/mol. The molecule has 5 N–H and O–H groups in total. The van der Waals surface area contributed by atoms with E-state index in [9.17, 15) is 37.4 Å². The molecule has 2 unspecified atom stereocenters. The van der Waals surface area contributed by atoms with E-state index < -0.39 is 47.6 Å². The normalized spacial score (nSPS) is 21.6. The predicted molar refractivity (Wildman–Crippen MR) is 195 cm³/mol. The van der Waals surface area contributed by atoms with E-state index in [4.69, 9.17) is 11.6 Å². The van der Waals surface area contributed by atoms with E-state index in [1.807, 2.05) is 34.6 Å². The number of anilines is 1. The number of carbonyl (C=O) groups excluding carboxylic acids is 2. The van der Waals surface area contributed by atoms with Gasteiger partial charge in [-0.2, -0.15) is 0 Å². The number of likely N-dealkylation sites (tertiary alicyclic amines) is 1. The van der Waals surface area contributed by atoms with Gasteiger partial charge in [-0.3, -0.25) is 14.2 Å². The van der Waals surface area contributed by atoms with Crippen molar-refractivity contribution in [2.45, 2.75) is 58.3 Å². The molecule has 3 aliphatic heterocycles. The fourth-order valence-electron chi connectivity index (χ4n) is 5.82. The quantitative estimate of drug-likeness (QED) is 0.105. The number of halogens is 1. The Morgan fingerprint density at radius 1 is 1.14 bits per heavy atom. The highest BCUT2D eigenvalue weighted by atomic mass is 35.5. The number of fused-ring (bicyclic) bond motifs is 1. The Morgan fingerprint density at radius 2 is 1.86 bits per heavy atom. The molecule has 0 saturated carbocycles. The van der Waals surface area contributed by atoms with Gasteiger partial charge in [0.05, 0.1) is 27.4 Å². The van der Waals surface area contributed by atoms with Crippen LogP contribution < -0.4 is 15.4 Å². The number of rotatable bonds is 14. The number of thioether (sulfide) groups is 2. The lowest BCUT2D eigenvalue weighted by Gasteiger charge is -2.34. The Balaban J connectivity index is 1.05. The van der Waals surface area contributed by atoms with Gasteiger partial charge in [0.2, 0.25) is 29.2 Å². The molecule has 2 amide bonds. The maximum Gasteiger partial charge on any atom is 0.326 e. The number of hydrogen-bond donors (Lipinski definition) is 5. The number of benzene rings is 2. The highest BCUT2D eigenvalue weighted by Gasteiger charge is 2.51. The lowest BCUT2D eigenvalue weighted by Crippen LogP contribution is -2.42. The van der Waals surface area contributed by atoms with Gasteiger partial charge in [-0.25, -0.2) is 22.2 Å². The van der Waals surface area contributed by atoms with E-state index in [1.54, 1.807) is 30.6 Å². The highest BCUT2D eigenvalue weighted by Crippen LogP contribution is 2.52. The first-order valence-corrected chi connectivity index (χ1v) is 22.2. The average Bonchev–Trinajstić information content (AvgIpc) is 3.67. The van der Waals surface area contributed by atoms with Gasteiger partial charge in [0, 0.05) is 48.6 Å². The molecule has 268 valence electrons. The van der Waals surface area contributed by atoms with Crippen LogP contribution in [0.1, 0.15) is 31.2 Å². The van der Waals surface area contributed by atoms with E-state index in [0.29, 0.717) is 29.8 Å². The largest absolute Gasteiger partial charge is 0.480 e. The third-order valence-electron chi connectivity index (χ3n) is 8.36. The van der Waals surface area contributed by atoms with Crippen LogP contribution in [-0.2, 0) is 35.5 Å². The van der Waals surface area contributed by atoms with Gasteiger partial charge >= 0.3 is 5.97 Å². The fraction of sp³-hybridized carbons (Fsp3) is 0.500. The zero-order valence-corrected chi connectivity index (χ0v) is 31.6. The number of aliphatic carboxylic acids is 1. The number of unbranched alkanes of at least 4 members (excludes halogenated alkanes) is 1. The Hall–Kier alpha value is -1.95. The Bertz CT molecular complexity index is 1720. The van der Waals surface area contributed by atoms with Crippen molar-refractivity contribution >= 4 is 87.9 Å². The van der Waals surface area contributed by atoms with Crippen LogP contribution in [0.2, 0.25) is 5.02 Å². The molecule has 0 aromatic heterocycles. The van der Waals surface area contributed by atoms with Crippen molar-refractivity contribution in [2.75, 3.05) is 49.3 Å². The summed E-state index contributed by atoms with van der Waals surface area (Å²) in [4.78, 5) is 49.9. The summed E-state index contributed by atoms with van der Waals surface area (Å²) in [7, 11) is -5.97. The highest BCUT2D eigenvalue weighted by molar-refractivity contribution is 8.21. The fourth-order valence-corrected chi connectivity index (χ4v) is 13.1. The molecular formula is C30H39ClN5O8PS4. The smallest absolute Gasteiger partial charge is 0.326 e. The predicted octanol–water partition coefficient (Wildman–Crippen LogP) is 3.93. The van der Waals surface area contributed by atoms with Gasteiger partial charge in [-0.15, -0.1) is 23.5 Å². The van der Waals surface area contributed by atoms with Crippen LogP contribution >= 0.6 is 54.4 Å². The van der Waals surface area contributed by atoms with Crippen LogP contribution in [0.4, 0.5) is 5.69 Å². The van der Waals surface area contributed by atoms with Crippen LogP contribution in [-0.4, -0.2) is 106 Å². The van der Waals surface area contributed by atoms with Gasteiger partial charge in [0.15, 0.2) is 0 Å². The van der Waals surface area contributed by atoms with Crippen molar-refractivity contribution in [3.8, 4) is 0 Å². The summed E-state index contributed by atoms with van der Waals surface area (Å²) in [5.41, 5.74) is 1.41. The third-order valence-corrected chi connectivity index (χ3v) is 16.5. The van der Waals surface area contributed by atoms with Crippen molar-refractivity contribution in [1.82, 2.24) is 19.2 Å². The number of carboxylic acids is 1. The van der Waals surface area contributed by atoms with Gasteiger partial charge < -0.3 is 25.5 Å². The first-order chi connectivity index (χ1) is 23.2. The van der Waals surface area contributed by atoms with Crippen LogP contribution in [0.5, 0.6) is 0 Å². The number of sulfonamides is 1. The van der Waals surface area contributed by atoms with Crippen molar-refractivity contribution in [2.24, 2.45) is 0 Å². The van der Waals surface area contributed by atoms with Crippen LogP contribution in [0.15, 0.2) is 52.3 Å². The van der Waals surface area contributed by atoms with Gasteiger partial charge in [0.1, 0.15) is 17.1 Å². The third kappa shape index (κ3) is 9.89. The van der Waals surface area contributed by atoms with Gasteiger partial charge in [-0.05, 0) is 49.5 Å². The molecule has 49 heavy (non-hydrogen) atoms. The molecule has 2 saturated heterocycles. The maximum atomic E-state index is 13.0. The van der Waals surface area contributed by atoms with E-state index in [2.05, 4.69) is 15.4 Å². The van der Waals surface area contributed by atoms with Crippen molar-refractivity contribution in [1.29, 1.82) is 0 Å². The standard InChI is InChI=1S/C30H39ClN5O8PS4/c1-35-26(34-22-13-21(31)25(14-24(22)48-35)49(43,44)33-17-20-7-3-2-4-8-20)15-27(37)32-9-5-6-10-45(41,42)18-28(38)36-19-30(46-11-12-47-30)16-23(36)29(39)40/h2-4,7-8,13-14,23,26,33-34H,5-6,9-12,15-19H2,1H3,(H,32,37)(H,39,40)(H,41,42)/t23-,26?/m0/s1. The molecule has 0 radical (unpaired) electrons. The monoisotopic (exact) mass is 791 g/mol. The first-order valence-electron chi connectivity index (χ1n) is 15.6. The molecule has 3 atom stereocenters. The molecule has 2 fully saturated rings. The molecule has 13 nitrogen and oxygen atoms in total. The Labute approximate surface area is 303 Å². The first kappa shape index (κ1) is 38.3. The molecule has 2 aromatic carbocycles. The summed E-state index contributed by atoms with van der Waals surface area (Å²) in [5.74, 6) is -0.203. The Kier molecular flexibility index (Phi) is 12.6. The molecule has 5 rings (SSSR count). The summed E-state index contributed by atoms with van der Waals surface area (Å²) >= 11 is 11.0. The average molecular weight is 792 g/mol. The summed E-state index contributed by atoms with van der Waals surface area (Å²) in [6.45, 7) is 0.632. The summed E-state index contributed by atoms with van der Waals surface area (Å²) in [6, 6.07) is 11.2. The minimum Gasteiger partial charge on any atom is -0.480 e. The molecule has 3 heterocycles. The zero-order valence-electron chi connectivity index (χ0n) is 26.7. The number of nitrogens with zero attached hydrogens (tertiary/aromatic N) is 2. The molecule has 1 spiro atoms.